The van der Waals surface area contributed by atoms with E-state index in [1.54, 1.807) is 24.3 Å². The van der Waals surface area contributed by atoms with Gasteiger partial charge in [0, 0.05) is 6.21 Å². The SMILES string of the molecule is Cc1ccc(S(=O)(=O)N=Cc2ccc(C)c(C)c2)cc1. The first-order valence-electron chi connectivity index (χ1n) is 6.33. The second kappa shape index (κ2) is 5.59. The van der Waals surface area contributed by atoms with Crippen LogP contribution in [0.1, 0.15) is 22.3 Å². The molecule has 0 N–H and O–H groups in total. The molecule has 20 heavy (non-hydrogen) atoms. The molecule has 0 radical (unpaired) electrons. The molecule has 4 heteroatoms. The summed E-state index contributed by atoms with van der Waals surface area (Å²) in [6.07, 6.45) is 1.39. The first-order valence-corrected chi connectivity index (χ1v) is 7.77. The van der Waals surface area contributed by atoms with Gasteiger partial charge in [0.1, 0.15) is 0 Å². The maximum atomic E-state index is 12.1. The minimum atomic E-state index is -3.63. The van der Waals surface area contributed by atoms with E-state index >= 15 is 0 Å². The largest absolute Gasteiger partial charge is 0.282 e. The molecular weight excluding hydrogens is 270 g/mol. The predicted molar refractivity (Wildman–Crippen MR) is 81.9 cm³/mol. The molecule has 0 aliphatic carbocycles. The van der Waals surface area contributed by atoms with Gasteiger partial charge in [0.25, 0.3) is 10.0 Å². The van der Waals surface area contributed by atoms with E-state index in [1.807, 2.05) is 39.0 Å². The summed E-state index contributed by atoms with van der Waals surface area (Å²) in [6.45, 7) is 5.91. The lowest BCUT2D eigenvalue weighted by Gasteiger charge is -2.01. The van der Waals surface area contributed by atoms with Crippen molar-refractivity contribution < 1.29 is 8.42 Å². The zero-order valence-corrected chi connectivity index (χ0v) is 12.6. The summed E-state index contributed by atoms with van der Waals surface area (Å²) in [6, 6.07) is 12.4. The second-order valence-electron chi connectivity index (χ2n) is 4.87. The number of rotatable bonds is 3. The van der Waals surface area contributed by atoms with Gasteiger partial charge in [-0.1, -0.05) is 35.9 Å². The van der Waals surface area contributed by atoms with Crippen molar-refractivity contribution in [3.05, 3.63) is 64.7 Å². The number of hydrogen-bond acceptors (Lipinski definition) is 2. The third-order valence-corrected chi connectivity index (χ3v) is 4.44. The van der Waals surface area contributed by atoms with Gasteiger partial charge in [-0.2, -0.15) is 12.8 Å². The Morgan fingerprint density at radius 1 is 0.900 bits per heavy atom. The highest BCUT2D eigenvalue weighted by atomic mass is 32.2. The first-order chi connectivity index (χ1) is 9.38. The van der Waals surface area contributed by atoms with Crippen LogP contribution in [0.2, 0.25) is 0 Å². The first kappa shape index (κ1) is 14.5. The number of benzene rings is 2. The topological polar surface area (TPSA) is 46.5 Å². The molecule has 0 aliphatic rings. The summed E-state index contributed by atoms with van der Waals surface area (Å²) in [5.74, 6) is 0. The van der Waals surface area contributed by atoms with Crippen LogP contribution in [0.4, 0.5) is 0 Å². The molecule has 2 rings (SSSR count). The van der Waals surface area contributed by atoms with Crippen LogP contribution in [0.3, 0.4) is 0 Å². The lowest BCUT2D eigenvalue weighted by Crippen LogP contribution is -1.98. The van der Waals surface area contributed by atoms with E-state index in [-0.39, 0.29) is 4.90 Å². The van der Waals surface area contributed by atoms with E-state index in [0.717, 1.165) is 16.7 Å². The molecule has 0 saturated heterocycles. The molecule has 0 amide bonds. The standard InChI is InChI=1S/C16H17NO2S/c1-12-4-8-16(9-5-12)20(18,19)17-11-15-7-6-13(2)14(3)10-15/h4-11H,1-3H3. The maximum absolute atomic E-state index is 12.1. The van der Waals surface area contributed by atoms with Crippen LogP contribution in [0, 0.1) is 20.8 Å². The molecule has 0 heterocycles. The van der Waals surface area contributed by atoms with Crippen molar-refractivity contribution in [2.45, 2.75) is 25.7 Å². The van der Waals surface area contributed by atoms with Gasteiger partial charge in [0.05, 0.1) is 4.90 Å². The Morgan fingerprint density at radius 3 is 2.15 bits per heavy atom. The molecule has 0 atom stereocenters. The number of hydrogen-bond donors (Lipinski definition) is 0. The number of aryl methyl sites for hydroxylation is 3. The average Bonchev–Trinajstić information content (AvgIpc) is 2.41. The molecule has 0 aliphatic heterocycles. The Hall–Kier alpha value is -1.94. The predicted octanol–water partition coefficient (Wildman–Crippen LogP) is 3.42. The van der Waals surface area contributed by atoms with E-state index in [1.165, 1.54) is 11.8 Å². The fraction of sp³-hybridized carbons (Fsp3) is 0.188. The molecule has 0 unspecified atom stereocenters. The molecule has 104 valence electrons. The van der Waals surface area contributed by atoms with Gasteiger partial charge in [-0.3, -0.25) is 0 Å². The number of sulfonamides is 1. The summed E-state index contributed by atoms with van der Waals surface area (Å²) in [4.78, 5) is 0.211. The third kappa shape index (κ3) is 3.33. The molecule has 2 aromatic carbocycles. The molecule has 3 nitrogen and oxygen atoms in total. The molecule has 0 fully saturated rings. The van der Waals surface area contributed by atoms with Gasteiger partial charge < -0.3 is 0 Å². The Balaban J connectivity index is 2.29. The van der Waals surface area contributed by atoms with Crippen molar-refractivity contribution >= 4 is 16.2 Å². The van der Waals surface area contributed by atoms with Gasteiger partial charge in [0.2, 0.25) is 0 Å². The van der Waals surface area contributed by atoms with Crippen LogP contribution >= 0.6 is 0 Å². The normalized spacial score (nSPS) is 11.9. The molecule has 0 aromatic heterocycles. The van der Waals surface area contributed by atoms with E-state index in [4.69, 9.17) is 0 Å². The molecule has 2 aromatic rings. The average molecular weight is 287 g/mol. The lowest BCUT2D eigenvalue weighted by molar-refractivity contribution is 0.598. The summed E-state index contributed by atoms with van der Waals surface area (Å²) in [7, 11) is -3.63. The monoisotopic (exact) mass is 287 g/mol. The quantitative estimate of drug-likeness (QED) is 0.812. The van der Waals surface area contributed by atoms with E-state index < -0.39 is 10.0 Å². The number of nitrogens with zero attached hydrogens (tertiary/aromatic N) is 1. The van der Waals surface area contributed by atoms with Crippen molar-refractivity contribution in [3.63, 3.8) is 0 Å². The Kier molecular flexibility index (Phi) is 4.04. The van der Waals surface area contributed by atoms with Crippen LogP contribution in [0.25, 0.3) is 0 Å². The molecular formula is C16H17NO2S. The van der Waals surface area contributed by atoms with E-state index in [0.29, 0.717) is 0 Å². The zero-order chi connectivity index (χ0) is 14.8. The highest BCUT2D eigenvalue weighted by Crippen LogP contribution is 2.14. The van der Waals surface area contributed by atoms with Crippen molar-refractivity contribution in [1.82, 2.24) is 0 Å². The second-order valence-corrected chi connectivity index (χ2v) is 6.50. The summed E-state index contributed by atoms with van der Waals surface area (Å²) < 4.78 is 27.9. The van der Waals surface area contributed by atoms with Crippen LogP contribution in [0.5, 0.6) is 0 Å². The smallest absolute Gasteiger partial charge is 0.199 e. The van der Waals surface area contributed by atoms with E-state index in [9.17, 15) is 8.42 Å². The minimum Gasteiger partial charge on any atom is -0.199 e. The lowest BCUT2D eigenvalue weighted by atomic mass is 10.1. The maximum Gasteiger partial charge on any atom is 0.282 e. The third-order valence-electron chi connectivity index (χ3n) is 3.19. The highest BCUT2D eigenvalue weighted by Gasteiger charge is 2.10. The van der Waals surface area contributed by atoms with Crippen LogP contribution in [0.15, 0.2) is 51.8 Å². The molecule has 0 spiro atoms. The van der Waals surface area contributed by atoms with Crippen molar-refractivity contribution in [1.29, 1.82) is 0 Å². The van der Waals surface area contributed by atoms with Crippen molar-refractivity contribution in [2.75, 3.05) is 0 Å². The van der Waals surface area contributed by atoms with Crippen LogP contribution in [-0.4, -0.2) is 14.6 Å². The van der Waals surface area contributed by atoms with Gasteiger partial charge in [-0.05, 0) is 49.6 Å². The zero-order valence-electron chi connectivity index (χ0n) is 11.8. The van der Waals surface area contributed by atoms with Crippen molar-refractivity contribution in [3.8, 4) is 0 Å². The van der Waals surface area contributed by atoms with Gasteiger partial charge in [-0.25, -0.2) is 0 Å². The van der Waals surface area contributed by atoms with Gasteiger partial charge in [-0.15, -0.1) is 0 Å². The van der Waals surface area contributed by atoms with Crippen LogP contribution < -0.4 is 0 Å². The van der Waals surface area contributed by atoms with Crippen molar-refractivity contribution in [2.24, 2.45) is 4.40 Å². The molecule has 0 bridgehead atoms. The molecule has 0 saturated carbocycles. The Labute approximate surface area is 120 Å². The highest BCUT2D eigenvalue weighted by molar-refractivity contribution is 7.90. The Morgan fingerprint density at radius 2 is 1.55 bits per heavy atom. The van der Waals surface area contributed by atoms with Crippen LogP contribution in [-0.2, 0) is 10.0 Å². The summed E-state index contributed by atoms with van der Waals surface area (Å²) in [5, 5.41) is 0. The fourth-order valence-electron chi connectivity index (χ4n) is 1.75. The summed E-state index contributed by atoms with van der Waals surface area (Å²) >= 11 is 0. The Bertz CT molecular complexity index is 745. The van der Waals surface area contributed by atoms with Gasteiger partial charge >= 0.3 is 0 Å². The fourth-order valence-corrected chi connectivity index (χ4v) is 2.61. The minimum absolute atomic E-state index is 0.211. The summed E-state index contributed by atoms with van der Waals surface area (Å²) in [5.41, 5.74) is 4.08. The van der Waals surface area contributed by atoms with E-state index in [2.05, 4.69) is 4.40 Å². The van der Waals surface area contributed by atoms with Gasteiger partial charge in [0.15, 0.2) is 0 Å².